The Hall–Kier alpha value is -1.42. The summed E-state index contributed by atoms with van der Waals surface area (Å²) in [7, 11) is 0. The molecule has 0 aliphatic carbocycles. The second-order valence-electron chi connectivity index (χ2n) is 4.33. The molecular weight excluding hydrogens is 216 g/mol. The van der Waals surface area contributed by atoms with E-state index in [0.29, 0.717) is 30.3 Å². The topological polar surface area (TPSA) is 51.2 Å². The first kappa shape index (κ1) is 12.0. The number of ether oxygens (including phenoxy) is 1. The van der Waals surface area contributed by atoms with Crippen molar-refractivity contribution >= 4 is 5.78 Å². The summed E-state index contributed by atoms with van der Waals surface area (Å²) in [5, 5.41) is 3.27. The predicted octanol–water partition coefficient (Wildman–Crippen LogP) is 1.66. The monoisotopic (exact) mass is 234 g/mol. The van der Waals surface area contributed by atoms with E-state index in [9.17, 15) is 4.79 Å². The van der Waals surface area contributed by atoms with Crippen molar-refractivity contribution in [3.8, 4) is 5.75 Å². The van der Waals surface area contributed by atoms with Gasteiger partial charge in [-0.3, -0.25) is 9.78 Å². The van der Waals surface area contributed by atoms with Crippen LogP contribution >= 0.6 is 0 Å². The predicted molar refractivity (Wildman–Crippen MR) is 65.3 cm³/mol. The van der Waals surface area contributed by atoms with E-state index in [0.717, 1.165) is 19.5 Å². The van der Waals surface area contributed by atoms with Gasteiger partial charge in [-0.1, -0.05) is 0 Å². The number of ketones is 1. The molecule has 0 amide bonds. The first-order valence-electron chi connectivity index (χ1n) is 6.11. The van der Waals surface area contributed by atoms with E-state index in [-0.39, 0.29) is 5.78 Å². The molecule has 4 heteroatoms. The van der Waals surface area contributed by atoms with Gasteiger partial charge in [0.1, 0.15) is 5.75 Å². The lowest BCUT2D eigenvalue weighted by Crippen LogP contribution is -2.13. The van der Waals surface area contributed by atoms with E-state index in [1.807, 2.05) is 6.92 Å². The maximum absolute atomic E-state index is 12.0. The van der Waals surface area contributed by atoms with Gasteiger partial charge in [0.2, 0.25) is 0 Å². The van der Waals surface area contributed by atoms with Crippen LogP contribution in [-0.4, -0.2) is 30.5 Å². The summed E-state index contributed by atoms with van der Waals surface area (Å²) in [5.74, 6) is 1.30. The zero-order valence-corrected chi connectivity index (χ0v) is 10.1. The summed E-state index contributed by atoms with van der Waals surface area (Å²) in [6.07, 6.45) is 4.94. The van der Waals surface area contributed by atoms with Crippen LogP contribution in [0.15, 0.2) is 18.5 Å². The third-order valence-corrected chi connectivity index (χ3v) is 2.98. The van der Waals surface area contributed by atoms with Gasteiger partial charge in [-0.15, -0.1) is 0 Å². The summed E-state index contributed by atoms with van der Waals surface area (Å²) in [4.78, 5) is 16.1. The Kier molecular flexibility index (Phi) is 4.09. The Morgan fingerprint density at radius 2 is 2.47 bits per heavy atom. The van der Waals surface area contributed by atoms with Gasteiger partial charge in [0.05, 0.1) is 12.8 Å². The Morgan fingerprint density at radius 1 is 1.59 bits per heavy atom. The van der Waals surface area contributed by atoms with Crippen LogP contribution in [0.2, 0.25) is 0 Å². The molecule has 1 unspecified atom stereocenters. The molecule has 17 heavy (non-hydrogen) atoms. The Labute approximate surface area is 101 Å². The first-order chi connectivity index (χ1) is 8.29. The second-order valence-corrected chi connectivity index (χ2v) is 4.33. The molecule has 2 rings (SSSR count). The van der Waals surface area contributed by atoms with E-state index in [4.69, 9.17) is 4.74 Å². The number of hydrogen-bond acceptors (Lipinski definition) is 4. The Morgan fingerprint density at radius 3 is 3.18 bits per heavy atom. The molecule has 1 aliphatic heterocycles. The number of carbonyl (C=O) groups is 1. The van der Waals surface area contributed by atoms with Crippen molar-refractivity contribution in [2.45, 2.75) is 19.8 Å². The lowest BCUT2D eigenvalue weighted by molar-refractivity contribution is 0.0963. The summed E-state index contributed by atoms with van der Waals surface area (Å²) in [5.41, 5.74) is 0.655. The Bertz CT molecular complexity index is 387. The minimum Gasteiger partial charge on any atom is -0.492 e. The van der Waals surface area contributed by atoms with E-state index in [1.165, 1.54) is 0 Å². The van der Waals surface area contributed by atoms with E-state index in [1.54, 1.807) is 18.5 Å². The lowest BCUT2D eigenvalue weighted by atomic mass is 9.98. The van der Waals surface area contributed by atoms with Gasteiger partial charge in [0.25, 0.3) is 0 Å². The highest BCUT2D eigenvalue weighted by Gasteiger charge is 2.19. The van der Waals surface area contributed by atoms with Gasteiger partial charge >= 0.3 is 0 Å². The van der Waals surface area contributed by atoms with Gasteiger partial charge in [-0.2, -0.15) is 0 Å². The van der Waals surface area contributed by atoms with Crippen LogP contribution in [0.3, 0.4) is 0 Å². The maximum atomic E-state index is 12.0. The van der Waals surface area contributed by atoms with Crippen LogP contribution in [0.1, 0.15) is 30.1 Å². The van der Waals surface area contributed by atoms with Crippen molar-refractivity contribution in [2.75, 3.05) is 19.7 Å². The van der Waals surface area contributed by atoms with Crippen LogP contribution in [-0.2, 0) is 0 Å². The number of nitrogens with zero attached hydrogens (tertiary/aromatic N) is 1. The molecule has 92 valence electrons. The summed E-state index contributed by atoms with van der Waals surface area (Å²) in [6.45, 7) is 4.48. The molecule has 0 aromatic carbocycles. The number of carbonyl (C=O) groups excluding carboxylic acids is 1. The molecule has 1 fully saturated rings. The normalized spacial score (nSPS) is 19.2. The molecule has 1 aliphatic rings. The number of pyridine rings is 1. The zero-order chi connectivity index (χ0) is 12.1. The zero-order valence-electron chi connectivity index (χ0n) is 10.1. The van der Waals surface area contributed by atoms with Crippen molar-refractivity contribution < 1.29 is 9.53 Å². The standard InChI is InChI=1S/C13H18N2O2/c1-2-17-12-6-11(8-15-9-12)13(16)5-10-3-4-14-7-10/h6,8-10,14H,2-5,7H2,1H3. The molecule has 0 bridgehead atoms. The van der Waals surface area contributed by atoms with Crippen molar-refractivity contribution in [3.63, 3.8) is 0 Å². The van der Waals surface area contributed by atoms with Gasteiger partial charge < -0.3 is 10.1 Å². The third kappa shape index (κ3) is 3.27. The number of Topliss-reactive ketones (excluding diaryl/α,β-unsaturated/α-hetero) is 1. The van der Waals surface area contributed by atoms with Crippen LogP contribution in [0.25, 0.3) is 0 Å². The van der Waals surface area contributed by atoms with E-state index in [2.05, 4.69) is 10.3 Å². The highest BCUT2D eigenvalue weighted by atomic mass is 16.5. The molecule has 0 spiro atoms. The average molecular weight is 234 g/mol. The summed E-state index contributed by atoms with van der Waals surface area (Å²) in [6, 6.07) is 1.78. The number of aromatic nitrogens is 1. The van der Waals surface area contributed by atoms with Crippen LogP contribution in [0, 0.1) is 5.92 Å². The van der Waals surface area contributed by atoms with Crippen LogP contribution in [0.4, 0.5) is 0 Å². The van der Waals surface area contributed by atoms with Crippen molar-refractivity contribution in [2.24, 2.45) is 5.92 Å². The molecule has 1 N–H and O–H groups in total. The van der Waals surface area contributed by atoms with Crippen LogP contribution in [0.5, 0.6) is 5.75 Å². The van der Waals surface area contributed by atoms with Gasteiger partial charge in [-0.25, -0.2) is 0 Å². The highest BCUT2D eigenvalue weighted by molar-refractivity contribution is 5.96. The van der Waals surface area contributed by atoms with Crippen molar-refractivity contribution in [1.82, 2.24) is 10.3 Å². The number of rotatable bonds is 5. The van der Waals surface area contributed by atoms with E-state index < -0.39 is 0 Å². The molecule has 4 nitrogen and oxygen atoms in total. The smallest absolute Gasteiger partial charge is 0.164 e. The van der Waals surface area contributed by atoms with Gasteiger partial charge in [-0.05, 0) is 38.4 Å². The molecule has 1 atom stereocenters. The van der Waals surface area contributed by atoms with Gasteiger partial charge in [0.15, 0.2) is 5.78 Å². The third-order valence-electron chi connectivity index (χ3n) is 2.98. The molecular formula is C13H18N2O2. The fourth-order valence-electron chi connectivity index (χ4n) is 2.09. The van der Waals surface area contributed by atoms with Crippen LogP contribution < -0.4 is 10.1 Å². The summed E-state index contributed by atoms with van der Waals surface area (Å²) < 4.78 is 5.34. The SMILES string of the molecule is CCOc1cncc(C(=O)CC2CCNC2)c1. The highest BCUT2D eigenvalue weighted by Crippen LogP contribution is 2.18. The maximum Gasteiger partial charge on any atom is 0.164 e. The Balaban J connectivity index is 1.99. The molecule has 0 saturated carbocycles. The van der Waals surface area contributed by atoms with Gasteiger partial charge in [0, 0.05) is 18.2 Å². The van der Waals surface area contributed by atoms with Crippen molar-refractivity contribution in [1.29, 1.82) is 0 Å². The molecule has 1 saturated heterocycles. The fourth-order valence-corrected chi connectivity index (χ4v) is 2.09. The first-order valence-corrected chi connectivity index (χ1v) is 6.11. The fraction of sp³-hybridized carbons (Fsp3) is 0.538. The lowest BCUT2D eigenvalue weighted by Gasteiger charge is -2.08. The number of nitrogens with one attached hydrogen (secondary N) is 1. The quantitative estimate of drug-likeness (QED) is 0.787. The van der Waals surface area contributed by atoms with E-state index >= 15 is 0 Å². The second kappa shape index (κ2) is 5.77. The van der Waals surface area contributed by atoms with Crippen molar-refractivity contribution in [3.05, 3.63) is 24.0 Å². The molecule has 1 aromatic heterocycles. The minimum absolute atomic E-state index is 0.160. The summed E-state index contributed by atoms with van der Waals surface area (Å²) >= 11 is 0. The number of hydrogen-bond donors (Lipinski definition) is 1. The molecule has 0 radical (unpaired) electrons. The average Bonchev–Trinajstić information content (AvgIpc) is 2.83. The largest absolute Gasteiger partial charge is 0.492 e. The molecule has 1 aromatic rings. The molecule has 2 heterocycles. The minimum atomic E-state index is 0.160.